The van der Waals surface area contributed by atoms with Crippen LogP contribution in [-0.2, 0) is 15.9 Å². The van der Waals surface area contributed by atoms with Crippen LogP contribution < -0.4 is 0 Å². The van der Waals surface area contributed by atoms with Gasteiger partial charge >= 0.3 is 5.97 Å². The van der Waals surface area contributed by atoms with Crippen molar-refractivity contribution in [2.45, 2.75) is 26.3 Å². The Morgan fingerprint density at radius 2 is 1.97 bits per heavy atom. The number of aromatic nitrogens is 2. The quantitative estimate of drug-likeness (QED) is 0.368. The van der Waals surface area contributed by atoms with E-state index in [1.807, 2.05) is 18.4 Å². The lowest BCUT2D eigenvalue weighted by molar-refractivity contribution is 0.0595. The highest BCUT2D eigenvalue weighted by atomic mass is 79.9. The van der Waals surface area contributed by atoms with Crippen LogP contribution in [0.4, 0.5) is 13.2 Å². The molecular weight excluding hydrogens is 477 g/mol. The smallest absolute Gasteiger partial charge is 0.340 e. The summed E-state index contributed by atoms with van der Waals surface area (Å²) in [4.78, 5) is 16.6. The predicted octanol–water partition coefficient (Wildman–Crippen LogP) is 5.19. The minimum atomic E-state index is -0.809. The lowest BCUT2D eigenvalue weighted by Crippen LogP contribution is -2.27. The maximum atomic E-state index is 14.5. The number of hydrogen-bond donors (Lipinski definition) is 0. The third kappa shape index (κ3) is 3.85. The Balaban J connectivity index is 1.93. The van der Waals surface area contributed by atoms with Gasteiger partial charge in [0, 0.05) is 17.9 Å². The molecule has 0 N–H and O–H groups in total. The average molecular weight is 497 g/mol. The molecule has 0 spiro atoms. The van der Waals surface area contributed by atoms with Gasteiger partial charge in [-0.3, -0.25) is 0 Å². The minimum Gasteiger partial charge on any atom is -0.465 e. The van der Waals surface area contributed by atoms with Crippen LogP contribution in [0.15, 0.2) is 28.7 Å². The van der Waals surface area contributed by atoms with Crippen molar-refractivity contribution in [2.24, 2.45) is 5.41 Å². The summed E-state index contributed by atoms with van der Waals surface area (Å²) in [7, 11) is 1.17. The molecule has 0 bridgehead atoms. The molecule has 0 aliphatic carbocycles. The second-order valence-corrected chi connectivity index (χ2v) is 9.12. The van der Waals surface area contributed by atoms with Crippen LogP contribution in [0.25, 0.3) is 11.0 Å². The molecule has 1 aliphatic heterocycles. The normalized spacial score (nSPS) is 18.0. The highest BCUT2D eigenvalue weighted by molar-refractivity contribution is 9.10. The number of halogens is 4. The van der Waals surface area contributed by atoms with E-state index in [0.717, 1.165) is 18.2 Å². The van der Waals surface area contributed by atoms with E-state index >= 15 is 0 Å². The lowest BCUT2D eigenvalue weighted by Gasteiger charge is -2.28. The summed E-state index contributed by atoms with van der Waals surface area (Å²) in [6.07, 6.45) is -0.0214. The molecule has 0 radical (unpaired) electrons. The summed E-state index contributed by atoms with van der Waals surface area (Å²) < 4.78 is 55.4. The summed E-state index contributed by atoms with van der Waals surface area (Å²) in [6.45, 7) is 4.90. The molecule has 1 saturated heterocycles. The highest BCUT2D eigenvalue weighted by Gasteiger charge is 2.39. The zero-order valence-electron chi connectivity index (χ0n) is 17.1. The Hall–Kier alpha value is -2.39. The van der Waals surface area contributed by atoms with E-state index in [1.165, 1.54) is 13.2 Å². The molecule has 164 valence electrons. The number of carbonyl (C=O) groups excluding carboxylic acids is 1. The molecule has 2 heterocycles. The number of nitrogens with zero attached hydrogens (tertiary/aromatic N) is 2. The van der Waals surface area contributed by atoms with Gasteiger partial charge in [-0.2, -0.15) is 0 Å². The second-order valence-electron chi connectivity index (χ2n) is 8.26. The van der Waals surface area contributed by atoms with Gasteiger partial charge in [-0.15, -0.1) is 0 Å². The molecule has 1 aliphatic rings. The highest BCUT2D eigenvalue weighted by Crippen LogP contribution is 2.40. The third-order valence-electron chi connectivity index (χ3n) is 5.66. The van der Waals surface area contributed by atoms with Crippen molar-refractivity contribution in [3.8, 4) is 0 Å². The van der Waals surface area contributed by atoms with Crippen molar-refractivity contribution in [3.05, 3.63) is 63.1 Å². The summed E-state index contributed by atoms with van der Waals surface area (Å²) in [5.41, 5.74) is 0.397. The van der Waals surface area contributed by atoms with E-state index in [1.54, 1.807) is 0 Å². The number of esters is 1. The largest absolute Gasteiger partial charge is 0.465 e. The molecule has 1 atom stereocenters. The van der Waals surface area contributed by atoms with Gasteiger partial charge in [0.15, 0.2) is 0 Å². The first-order valence-electron chi connectivity index (χ1n) is 9.62. The van der Waals surface area contributed by atoms with Crippen LogP contribution in [0, 0.1) is 22.9 Å². The standard InChI is InChI=1S/C22H20BrF3N2O3/c1-22(2)10-31-9-19(22)28-18-6-12(21(29)30-3)15(25)8-17(18)27-20(28)5-11-4-16(26)13(23)7-14(11)24/h4,6-8,19H,5,9-10H2,1-3H3/t19-/m1/s1. The number of rotatable bonds is 4. The van der Waals surface area contributed by atoms with E-state index in [9.17, 15) is 18.0 Å². The van der Waals surface area contributed by atoms with Gasteiger partial charge in [0.2, 0.25) is 0 Å². The first-order valence-corrected chi connectivity index (χ1v) is 10.4. The van der Waals surface area contributed by atoms with Crippen LogP contribution in [-0.4, -0.2) is 35.8 Å². The van der Waals surface area contributed by atoms with E-state index < -0.39 is 23.4 Å². The monoisotopic (exact) mass is 496 g/mol. The van der Waals surface area contributed by atoms with Gasteiger partial charge in [0.25, 0.3) is 0 Å². The molecule has 0 saturated carbocycles. The molecule has 5 nitrogen and oxygen atoms in total. The van der Waals surface area contributed by atoms with Crippen LogP contribution in [0.1, 0.15) is 41.6 Å². The second kappa shape index (κ2) is 7.94. The zero-order chi connectivity index (χ0) is 22.5. The topological polar surface area (TPSA) is 53.3 Å². The molecule has 31 heavy (non-hydrogen) atoms. The van der Waals surface area contributed by atoms with Gasteiger partial charge in [-0.25, -0.2) is 22.9 Å². The van der Waals surface area contributed by atoms with Gasteiger partial charge in [-0.05, 0) is 39.7 Å². The molecule has 1 aromatic heterocycles. The van der Waals surface area contributed by atoms with Crippen LogP contribution in [0.2, 0.25) is 0 Å². The van der Waals surface area contributed by atoms with Crippen molar-refractivity contribution in [3.63, 3.8) is 0 Å². The van der Waals surface area contributed by atoms with Crippen LogP contribution >= 0.6 is 15.9 Å². The first kappa shape index (κ1) is 21.8. The van der Waals surface area contributed by atoms with E-state index in [0.29, 0.717) is 30.1 Å². The summed E-state index contributed by atoms with van der Waals surface area (Å²) in [5.74, 6) is -2.34. The van der Waals surface area contributed by atoms with Crippen molar-refractivity contribution in [1.82, 2.24) is 9.55 Å². The lowest BCUT2D eigenvalue weighted by atomic mass is 9.87. The fourth-order valence-electron chi connectivity index (χ4n) is 3.95. The van der Waals surface area contributed by atoms with Crippen LogP contribution in [0.5, 0.6) is 0 Å². The van der Waals surface area contributed by atoms with Crippen molar-refractivity contribution in [1.29, 1.82) is 0 Å². The van der Waals surface area contributed by atoms with Gasteiger partial charge in [0.1, 0.15) is 23.3 Å². The van der Waals surface area contributed by atoms with Crippen LogP contribution in [0.3, 0.4) is 0 Å². The zero-order valence-corrected chi connectivity index (χ0v) is 18.7. The number of hydrogen-bond acceptors (Lipinski definition) is 4. The molecule has 0 unspecified atom stereocenters. The molecule has 4 rings (SSSR count). The van der Waals surface area contributed by atoms with Gasteiger partial charge in [-0.1, -0.05) is 13.8 Å². The Bertz CT molecular complexity index is 1190. The third-order valence-corrected chi connectivity index (χ3v) is 6.27. The fraction of sp³-hybridized carbons (Fsp3) is 0.364. The average Bonchev–Trinajstić information content (AvgIpc) is 3.22. The summed E-state index contributed by atoms with van der Waals surface area (Å²) >= 11 is 2.98. The van der Waals surface area contributed by atoms with E-state index in [2.05, 4.69) is 25.7 Å². The summed E-state index contributed by atoms with van der Waals surface area (Å²) in [5, 5.41) is 0. The SMILES string of the molecule is COC(=O)c1cc2c(cc1F)nc(Cc1cc(F)c(Br)cc1F)n2[C@@H]1COCC1(C)C. The molecule has 3 aromatic rings. The number of methoxy groups -OCH3 is 1. The Morgan fingerprint density at radius 1 is 1.23 bits per heavy atom. The maximum Gasteiger partial charge on any atom is 0.340 e. The number of fused-ring (bicyclic) bond motifs is 1. The van der Waals surface area contributed by atoms with Crippen molar-refractivity contribution >= 4 is 32.9 Å². The Labute approximate surface area is 185 Å². The first-order chi connectivity index (χ1) is 14.6. The van der Waals surface area contributed by atoms with Gasteiger partial charge in [0.05, 0.1) is 47.4 Å². The molecule has 1 fully saturated rings. The summed E-state index contributed by atoms with van der Waals surface area (Å²) in [6, 6.07) is 4.52. The van der Waals surface area contributed by atoms with Crippen molar-refractivity contribution in [2.75, 3.05) is 20.3 Å². The number of ether oxygens (including phenoxy) is 2. The Morgan fingerprint density at radius 3 is 2.61 bits per heavy atom. The van der Waals surface area contributed by atoms with Crippen molar-refractivity contribution < 1.29 is 27.4 Å². The predicted molar refractivity (Wildman–Crippen MR) is 112 cm³/mol. The molecule has 9 heteroatoms. The number of carbonyl (C=O) groups is 1. The number of imidazole rings is 1. The maximum absolute atomic E-state index is 14.5. The van der Waals surface area contributed by atoms with E-state index in [-0.39, 0.29) is 33.5 Å². The van der Waals surface area contributed by atoms with E-state index in [4.69, 9.17) is 4.74 Å². The Kier molecular flexibility index (Phi) is 5.59. The minimum absolute atomic E-state index is 0.0214. The molecule has 0 amide bonds. The molecule has 2 aromatic carbocycles. The van der Waals surface area contributed by atoms with Gasteiger partial charge < -0.3 is 14.0 Å². The number of benzene rings is 2. The fourth-order valence-corrected chi connectivity index (χ4v) is 4.27. The molecular formula is C22H20BrF3N2O3.